The molecule has 0 bridgehead atoms. The Bertz CT molecular complexity index is 893. The standard InChI is InChI=1S/C19H14ClI/c1-19(2)13-8-4-3-6-11(13)17-14(19)10-16(21)12-7-5-9-15(20)18(12)17/h3-10H,1-2H3. The van der Waals surface area contributed by atoms with E-state index in [9.17, 15) is 0 Å². The minimum Gasteiger partial charge on any atom is -0.0836 e. The Morgan fingerprint density at radius 1 is 0.952 bits per heavy atom. The summed E-state index contributed by atoms with van der Waals surface area (Å²) in [4.78, 5) is 0. The molecule has 1 aliphatic carbocycles. The molecular weight excluding hydrogens is 391 g/mol. The van der Waals surface area contributed by atoms with Crippen molar-refractivity contribution in [3.8, 4) is 11.1 Å². The lowest BCUT2D eigenvalue weighted by molar-refractivity contribution is 0.660. The zero-order chi connectivity index (χ0) is 14.8. The van der Waals surface area contributed by atoms with Gasteiger partial charge in [-0.2, -0.15) is 0 Å². The van der Waals surface area contributed by atoms with Crippen LogP contribution in [-0.4, -0.2) is 0 Å². The molecule has 0 saturated carbocycles. The smallest absolute Gasteiger partial charge is 0.0491 e. The lowest BCUT2D eigenvalue weighted by Crippen LogP contribution is -2.15. The lowest BCUT2D eigenvalue weighted by Gasteiger charge is -2.22. The quantitative estimate of drug-likeness (QED) is 0.380. The summed E-state index contributed by atoms with van der Waals surface area (Å²) in [7, 11) is 0. The molecule has 104 valence electrons. The predicted molar refractivity (Wildman–Crippen MR) is 99.2 cm³/mol. The van der Waals surface area contributed by atoms with Crippen LogP contribution >= 0.6 is 34.2 Å². The summed E-state index contributed by atoms with van der Waals surface area (Å²) in [6, 6.07) is 17.2. The van der Waals surface area contributed by atoms with Crippen LogP contribution in [0.3, 0.4) is 0 Å². The van der Waals surface area contributed by atoms with Crippen molar-refractivity contribution in [2.45, 2.75) is 19.3 Å². The summed E-state index contributed by atoms with van der Waals surface area (Å²) in [5.41, 5.74) is 5.44. The van der Waals surface area contributed by atoms with Gasteiger partial charge in [-0.1, -0.05) is 61.8 Å². The molecule has 0 aliphatic heterocycles. The Balaban J connectivity index is 2.28. The van der Waals surface area contributed by atoms with Crippen LogP contribution in [0.4, 0.5) is 0 Å². The molecule has 0 atom stereocenters. The summed E-state index contributed by atoms with van der Waals surface area (Å²) >= 11 is 8.99. The SMILES string of the molecule is CC1(C)c2ccccc2-c2c1cc(I)c1cccc(Cl)c21. The van der Waals surface area contributed by atoms with E-state index in [-0.39, 0.29) is 5.41 Å². The van der Waals surface area contributed by atoms with Gasteiger partial charge in [0.05, 0.1) is 0 Å². The highest BCUT2D eigenvalue weighted by Crippen LogP contribution is 2.52. The Kier molecular flexibility index (Phi) is 2.89. The third-order valence-electron chi connectivity index (χ3n) is 4.60. The average Bonchev–Trinajstić information content (AvgIpc) is 2.69. The molecular formula is C19H14ClI. The molecule has 0 radical (unpaired) electrons. The van der Waals surface area contributed by atoms with Crippen LogP contribution in [0.15, 0.2) is 48.5 Å². The van der Waals surface area contributed by atoms with Crippen molar-refractivity contribution in [1.29, 1.82) is 0 Å². The van der Waals surface area contributed by atoms with Crippen molar-refractivity contribution in [3.63, 3.8) is 0 Å². The summed E-state index contributed by atoms with van der Waals surface area (Å²) in [6.45, 7) is 4.60. The molecule has 0 heterocycles. The lowest BCUT2D eigenvalue weighted by atomic mass is 9.82. The predicted octanol–water partition coefficient (Wildman–Crippen LogP) is 6.40. The maximum atomic E-state index is 6.57. The van der Waals surface area contributed by atoms with Crippen molar-refractivity contribution in [3.05, 3.63) is 68.3 Å². The fourth-order valence-corrected chi connectivity index (χ4v) is 4.58. The first kappa shape index (κ1) is 13.6. The summed E-state index contributed by atoms with van der Waals surface area (Å²) in [5, 5.41) is 3.28. The van der Waals surface area contributed by atoms with Crippen LogP contribution in [0.5, 0.6) is 0 Å². The monoisotopic (exact) mass is 404 g/mol. The highest BCUT2D eigenvalue weighted by Gasteiger charge is 2.37. The number of benzene rings is 3. The Labute approximate surface area is 143 Å². The summed E-state index contributed by atoms with van der Waals surface area (Å²) < 4.78 is 1.27. The number of rotatable bonds is 0. The molecule has 0 unspecified atom stereocenters. The van der Waals surface area contributed by atoms with Crippen LogP contribution in [-0.2, 0) is 5.41 Å². The van der Waals surface area contributed by atoms with Gasteiger partial charge in [-0.05, 0) is 62.4 Å². The fraction of sp³-hybridized carbons (Fsp3) is 0.158. The van der Waals surface area contributed by atoms with E-state index in [1.54, 1.807) is 0 Å². The van der Waals surface area contributed by atoms with Crippen LogP contribution < -0.4 is 0 Å². The summed E-state index contributed by atoms with van der Waals surface area (Å²) in [5.74, 6) is 0. The van der Waals surface area contributed by atoms with Crippen molar-refractivity contribution in [2.75, 3.05) is 0 Å². The zero-order valence-corrected chi connectivity index (χ0v) is 14.8. The van der Waals surface area contributed by atoms with Gasteiger partial charge in [0.2, 0.25) is 0 Å². The van der Waals surface area contributed by atoms with E-state index in [1.165, 1.54) is 36.6 Å². The second kappa shape index (κ2) is 4.47. The van der Waals surface area contributed by atoms with Gasteiger partial charge in [0, 0.05) is 19.4 Å². The molecule has 3 aromatic rings. The van der Waals surface area contributed by atoms with E-state index < -0.39 is 0 Å². The molecule has 0 fully saturated rings. The molecule has 0 nitrogen and oxygen atoms in total. The second-order valence-corrected chi connectivity index (χ2v) is 7.68. The van der Waals surface area contributed by atoms with Crippen molar-refractivity contribution in [1.82, 2.24) is 0 Å². The van der Waals surface area contributed by atoms with Gasteiger partial charge in [-0.15, -0.1) is 0 Å². The van der Waals surface area contributed by atoms with Crippen LogP contribution in [0.25, 0.3) is 21.9 Å². The third kappa shape index (κ3) is 1.74. The Morgan fingerprint density at radius 3 is 2.52 bits per heavy atom. The minimum absolute atomic E-state index is 0.0270. The van der Waals surface area contributed by atoms with Gasteiger partial charge in [-0.3, -0.25) is 0 Å². The van der Waals surface area contributed by atoms with Gasteiger partial charge in [0.25, 0.3) is 0 Å². The maximum absolute atomic E-state index is 6.57. The fourth-order valence-electron chi connectivity index (χ4n) is 3.55. The molecule has 0 amide bonds. The number of halogens is 2. The Hall–Kier alpha value is -1.06. The molecule has 0 spiro atoms. The molecule has 21 heavy (non-hydrogen) atoms. The highest BCUT2D eigenvalue weighted by atomic mass is 127. The average molecular weight is 405 g/mol. The van der Waals surface area contributed by atoms with E-state index in [2.05, 4.69) is 72.8 Å². The Morgan fingerprint density at radius 2 is 1.71 bits per heavy atom. The van der Waals surface area contributed by atoms with E-state index in [0.717, 1.165) is 5.02 Å². The molecule has 2 heteroatoms. The second-order valence-electron chi connectivity index (χ2n) is 6.11. The van der Waals surface area contributed by atoms with Crippen molar-refractivity contribution in [2.24, 2.45) is 0 Å². The zero-order valence-electron chi connectivity index (χ0n) is 11.9. The highest BCUT2D eigenvalue weighted by molar-refractivity contribution is 14.1. The third-order valence-corrected chi connectivity index (χ3v) is 5.81. The van der Waals surface area contributed by atoms with Gasteiger partial charge >= 0.3 is 0 Å². The van der Waals surface area contributed by atoms with E-state index in [4.69, 9.17) is 11.6 Å². The van der Waals surface area contributed by atoms with E-state index in [0.29, 0.717) is 0 Å². The van der Waals surface area contributed by atoms with E-state index >= 15 is 0 Å². The minimum atomic E-state index is 0.0270. The number of hydrogen-bond donors (Lipinski definition) is 0. The van der Waals surface area contributed by atoms with Crippen LogP contribution in [0, 0.1) is 3.57 Å². The van der Waals surface area contributed by atoms with Gasteiger partial charge in [0.1, 0.15) is 0 Å². The molecule has 0 aromatic heterocycles. The maximum Gasteiger partial charge on any atom is 0.0491 e. The first-order valence-electron chi connectivity index (χ1n) is 7.03. The van der Waals surface area contributed by atoms with Crippen molar-refractivity contribution < 1.29 is 0 Å². The largest absolute Gasteiger partial charge is 0.0836 e. The molecule has 4 rings (SSSR count). The summed E-state index contributed by atoms with van der Waals surface area (Å²) in [6.07, 6.45) is 0. The van der Waals surface area contributed by atoms with Gasteiger partial charge in [0.15, 0.2) is 0 Å². The first-order valence-corrected chi connectivity index (χ1v) is 8.48. The molecule has 0 N–H and O–H groups in total. The molecule has 0 saturated heterocycles. The van der Waals surface area contributed by atoms with Gasteiger partial charge < -0.3 is 0 Å². The van der Waals surface area contributed by atoms with Crippen molar-refractivity contribution >= 4 is 45.0 Å². The van der Waals surface area contributed by atoms with Crippen LogP contribution in [0.2, 0.25) is 5.02 Å². The first-order chi connectivity index (χ1) is 10.0. The molecule has 1 aliphatic rings. The van der Waals surface area contributed by atoms with Gasteiger partial charge in [-0.25, -0.2) is 0 Å². The van der Waals surface area contributed by atoms with Crippen LogP contribution in [0.1, 0.15) is 25.0 Å². The number of hydrogen-bond acceptors (Lipinski definition) is 0. The molecule has 3 aromatic carbocycles. The normalized spacial score (nSPS) is 15.0. The topological polar surface area (TPSA) is 0 Å². The number of fused-ring (bicyclic) bond motifs is 5. The van der Waals surface area contributed by atoms with E-state index in [1.807, 2.05) is 12.1 Å².